The van der Waals surface area contributed by atoms with E-state index >= 15 is 0 Å². The normalized spacial score (nSPS) is 31.6. The summed E-state index contributed by atoms with van der Waals surface area (Å²) in [6.45, 7) is 1.80. The zero-order chi connectivity index (χ0) is 42.1. The quantitative estimate of drug-likeness (QED) is 0.0739. The van der Waals surface area contributed by atoms with Gasteiger partial charge in [0.2, 0.25) is 0 Å². The molecule has 58 heavy (non-hydrogen) atoms. The standard InChI is InChI=1S/C37H46N6O15/c1-17(5-2-3-11-42-16-21(10-12-44)40-41-42)37(56)22-14-20(39-33(52)31-27(48)25(46)29(50)35(54)58-31)8-9-23(22)43(36(37)55)15-18-6-4-7-19(13-18)38-32(51)30-26(47)24(45)28(49)34(53)57-30/h2,4-9,13-14,16-17,24-31,34-35,44-50,53-54,56H,3,10-12,15H2,1H3,(H,38,51)(H,39,52)/b5-2+/t17-,24-,25-,26-,27-,28+,29+,30-,31-,34+,35+,37+/m0/s1. The number of benzene rings is 2. The van der Waals surface area contributed by atoms with Gasteiger partial charge in [0.1, 0.15) is 36.6 Å². The van der Waals surface area contributed by atoms with Crippen molar-refractivity contribution in [3.05, 3.63) is 77.6 Å². The van der Waals surface area contributed by atoms with Crippen molar-refractivity contribution in [3.63, 3.8) is 0 Å². The molecule has 6 rings (SSSR count). The zero-order valence-electron chi connectivity index (χ0n) is 31.0. The van der Waals surface area contributed by atoms with Gasteiger partial charge < -0.3 is 76.1 Å². The molecule has 0 unspecified atom stereocenters. The SMILES string of the molecule is C[C@@H](/C=C/CCn1cc(CCO)nn1)[C@]1(O)C(=O)N(Cc2cccc(NC(=O)[C@H]3O[C@@H](O)[C@H](O)[C@@H](O)[C@@H]3O)c2)c2ccc(NC(=O)[C@H]3O[C@@H](O)[C@H](O)[C@@H](O)[C@@H]3O)cc21. The lowest BCUT2D eigenvalue weighted by atomic mass is 9.82. The number of aryl methyl sites for hydroxylation is 1. The Morgan fingerprint density at radius 2 is 1.47 bits per heavy atom. The van der Waals surface area contributed by atoms with Gasteiger partial charge in [-0.05, 0) is 42.3 Å². The molecule has 0 spiro atoms. The van der Waals surface area contributed by atoms with E-state index in [0.29, 0.717) is 30.6 Å². The predicted octanol–water partition coefficient (Wildman–Crippen LogP) is -3.69. The van der Waals surface area contributed by atoms with Gasteiger partial charge in [-0.2, -0.15) is 0 Å². The van der Waals surface area contributed by atoms with E-state index in [9.17, 15) is 60.3 Å². The van der Waals surface area contributed by atoms with Gasteiger partial charge in [0.25, 0.3) is 17.7 Å². The van der Waals surface area contributed by atoms with Crippen molar-refractivity contribution in [3.8, 4) is 0 Å². The van der Waals surface area contributed by atoms with Gasteiger partial charge in [0, 0.05) is 48.6 Å². The summed E-state index contributed by atoms with van der Waals surface area (Å²) in [5, 5.41) is 115. The van der Waals surface area contributed by atoms with Crippen molar-refractivity contribution in [1.82, 2.24) is 15.0 Å². The van der Waals surface area contributed by atoms with Gasteiger partial charge in [-0.25, -0.2) is 0 Å². The first-order valence-corrected chi connectivity index (χ1v) is 18.4. The highest BCUT2D eigenvalue weighted by Gasteiger charge is 2.53. The van der Waals surface area contributed by atoms with Gasteiger partial charge >= 0.3 is 0 Å². The number of nitrogens with zero attached hydrogens (tertiary/aromatic N) is 4. The van der Waals surface area contributed by atoms with E-state index in [2.05, 4.69) is 20.9 Å². The summed E-state index contributed by atoms with van der Waals surface area (Å²) in [6.07, 6.45) is -12.8. The Labute approximate surface area is 330 Å². The number of carbonyl (C=O) groups excluding carboxylic acids is 3. The number of ether oxygens (including phenoxy) is 2. The van der Waals surface area contributed by atoms with Crippen LogP contribution in [0.4, 0.5) is 17.1 Å². The Morgan fingerprint density at radius 3 is 2.07 bits per heavy atom. The molecule has 0 saturated carbocycles. The number of rotatable bonds is 13. The summed E-state index contributed by atoms with van der Waals surface area (Å²) >= 11 is 0. The van der Waals surface area contributed by atoms with Crippen molar-refractivity contribution in [2.45, 2.75) is 99.9 Å². The van der Waals surface area contributed by atoms with Crippen LogP contribution in [0.2, 0.25) is 0 Å². The molecule has 3 aliphatic rings. The van der Waals surface area contributed by atoms with Crippen LogP contribution in [0.5, 0.6) is 0 Å². The zero-order valence-corrected chi connectivity index (χ0v) is 31.0. The van der Waals surface area contributed by atoms with Crippen molar-refractivity contribution in [2.24, 2.45) is 5.92 Å². The topological polar surface area (TPSA) is 330 Å². The van der Waals surface area contributed by atoms with Crippen LogP contribution in [0.15, 0.2) is 60.8 Å². The molecule has 2 saturated heterocycles. The number of allylic oxidation sites excluding steroid dienone is 1. The number of hydrogen-bond donors (Lipinski definition) is 12. The number of nitrogens with one attached hydrogen (secondary N) is 2. The lowest BCUT2D eigenvalue weighted by Crippen LogP contribution is -2.60. The molecular formula is C37H46N6O15. The van der Waals surface area contributed by atoms with Crippen molar-refractivity contribution < 1.29 is 74.9 Å². The molecule has 0 aliphatic carbocycles. The third-order valence-corrected chi connectivity index (χ3v) is 10.3. The number of hydrogen-bond acceptors (Lipinski definition) is 17. The number of amides is 3. The van der Waals surface area contributed by atoms with Crippen LogP contribution in [0, 0.1) is 5.92 Å². The number of aliphatic hydroxyl groups excluding tert-OH is 9. The summed E-state index contributed by atoms with van der Waals surface area (Å²) in [4.78, 5) is 41.8. The lowest BCUT2D eigenvalue weighted by molar-refractivity contribution is -0.274. The van der Waals surface area contributed by atoms with Crippen LogP contribution in [0.25, 0.3) is 0 Å². The van der Waals surface area contributed by atoms with E-state index in [1.54, 1.807) is 42.1 Å². The molecular weight excluding hydrogens is 768 g/mol. The Balaban J connectivity index is 1.24. The summed E-state index contributed by atoms with van der Waals surface area (Å²) in [6, 6.07) is 10.4. The largest absolute Gasteiger partial charge is 0.396 e. The number of aliphatic hydroxyl groups is 10. The molecule has 2 aromatic carbocycles. The highest BCUT2D eigenvalue weighted by Crippen LogP contribution is 2.47. The molecule has 0 bridgehead atoms. The van der Waals surface area contributed by atoms with Crippen LogP contribution in [0.1, 0.15) is 30.2 Å². The molecule has 3 aromatic rings. The second kappa shape index (κ2) is 17.6. The average molecular weight is 815 g/mol. The van der Waals surface area contributed by atoms with Crippen molar-refractivity contribution in [1.29, 1.82) is 0 Å². The van der Waals surface area contributed by atoms with E-state index in [1.807, 2.05) is 0 Å². The first-order chi connectivity index (χ1) is 27.5. The minimum atomic E-state index is -2.21. The minimum Gasteiger partial charge on any atom is -0.396 e. The predicted molar refractivity (Wildman–Crippen MR) is 197 cm³/mol. The maximum absolute atomic E-state index is 14.4. The van der Waals surface area contributed by atoms with Crippen LogP contribution < -0.4 is 15.5 Å². The summed E-state index contributed by atoms with van der Waals surface area (Å²) in [5.41, 5.74) is -0.576. The second-order valence-corrected chi connectivity index (χ2v) is 14.4. The maximum atomic E-state index is 14.4. The highest BCUT2D eigenvalue weighted by molar-refractivity contribution is 6.08. The smallest absolute Gasteiger partial charge is 0.264 e. The van der Waals surface area contributed by atoms with Crippen LogP contribution in [-0.4, -0.2) is 152 Å². The summed E-state index contributed by atoms with van der Waals surface area (Å²) in [7, 11) is 0. The van der Waals surface area contributed by atoms with E-state index in [1.165, 1.54) is 35.2 Å². The van der Waals surface area contributed by atoms with Crippen molar-refractivity contribution in [2.75, 3.05) is 22.1 Å². The van der Waals surface area contributed by atoms with Gasteiger partial charge in [-0.3, -0.25) is 19.1 Å². The Hall–Kier alpha value is -4.75. The maximum Gasteiger partial charge on any atom is 0.264 e. The average Bonchev–Trinajstić information content (AvgIpc) is 3.73. The van der Waals surface area contributed by atoms with Crippen LogP contribution in [-0.2, 0) is 49.0 Å². The molecule has 12 N–H and O–H groups in total. The third kappa shape index (κ3) is 8.52. The Bertz CT molecular complexity index is 2000. The second-order valence-electron chi connectivity index (χ2n) is 14.4. The minimum absolute atomic E-state index is 0.0448. The molecule has 2 fully saturated rings. The fraction of sp³-hybridized carbons (Fsp3) is 0.486. The number of fused-ring (bicyclic) bond motifs is 1. The summed E-state index contributed by atoms with van der Waals surface area (Å²) in [5.74, 6) is -3.56. The molecule has 3 aliphatic heterocycles. The lowest BCUT2D eigenvalue weighted by Gasteiger charge is -2.37. The highest BCUT2D eigenvalue weighted by atomic mass is 16.6. The van der Waals surface area contributed by atoms with Crippen LogP contribution >= 0.6 is 0 Å². The van der Waals surface area contributed by atoms with Gasteiger partial charge in [-0.1, -0.05) is 36.4 Å². The fourth-order valence-corrected chi connectivity index (χ4v) is 7.02. The van der Waals surface area contributed by atoms with E-state index in [0.717, 1.165) is 0 Å². The monoisotopic (exact) mass is 814 g/mol. The Kier molecular flexibility index (Phi) is 13.0. The number of carbonyl (C=O) groups is 3. The van der Waals surface area contributed by atoms with Crippen molar-refractivity contribution >= 4 is 34.8 Å². The van der Waals surface area contributed by atoms with Crippen LogP contribution in [0.3, 0.4) is 0 Å². The molecule has 21 nitrogen and oxygen atoms in total. The van der Waals surface area contributed by atoms with E-state index in [4.69, 9.17) is 14.6 Å². The van der Waals surface area contributed by atoms with Gasteiger partial charge in [0.15, 0.2) is 30.4 Å². The van der Waals surface area contributed by atoms with Gasteiger partial charge in [-0.15, -0.1) is 5.10 Å². The molecule has 21 heteroatoms. The first-order valence-electron chi connectivity index (χ1n) is 18.4. The van der Waals surface area contributed by atoms with E-state index < -0.39 is 90.7 Å². The molecule has 4 heterocycles. The summed E-state index contributed by atoms with van der Waals surface area (Å²) < 4.78 is 11.6. The molecule has 314 valence electrons. The third-order valence-electron chi connectivity index (χ3n) is 10.3. The number of aromatic nitrogens is 3. The molecule has 12 atom stereocenters. The number of anilines is 3. The fourth-order valence-electron chi connectivity index (χ4n) is 7.02. The molecule has 1 aromatic heterocycles. The molecule has 0 radical (unpaired) electrons. The first kappa shape index (κ1) is 42.8. The van der Waals surface area contributed by atoms with E-state index in [-0.39, 0.29) is 35.8 Å². The molecule has 3 amide bonds. The van der Waals surface area contributed by atoms with Gasteiger partial charge in [0.05, 0.1) is 17.9 Å². The Morgan fingerprint density at radius 1 is 0.862 bits per heavy atom.